The Bertz CT molecular complexity index is 1320. The van der Waals surface area contributed by atoms with Crippen molar-refractivity contribution in [3.8, 4) is 22.3 Å². The minimum atomic E-state index is 0.668. The number of anilines is 1. The van der Waals surface area contributed by atoms with Gasteiger partial charge in [-0.3, -0.25) is 0 Å². The molecular weight excluding hydrogens is 506 g/mol. The highest BCUT2D eigenvalue weighted by Crippen LogP contribution is 2.17. The highest BCUT2D eigenvalue weighted by atomic mass is 16.5. The van der Waals surface area contributed by atoms with Gasteiger partial charge in [-0.1, -0.05) is 78.9 Å². The predicted molar refractivity (Wildman–Crippen MR) is 164 cm³/mol. The van der Waals surface area contributed by atoms with Gasteiger partial charge in [0, 0.05) is 43.0 Å². The van der Waals surface area contributed by atoms with Crippen LogP contribution >= 0.6 is 0 Å². The number of benzene rings is 3. The molecule has 0 spiro atoms. The lowest BCUT2D eigenvalue weighted by atomic mass is 10.1. The SMILES string of the molecule is c1ccc(-c2cc[n+](CCOCCN(CCOCC[n+]3ccc(-c4ccccc4)cc3)c3ccccc3)cc2)cc1. The van der Waals surface area contributed by atoms with E-state index < -0.39 is 0 Å². The van der Waals surface area contributed by atoms with Gasteiger partial charge >= 0.3 is 0 Å². The van der Waals surface area contributed by atoms with E-state index in [0.717, 1.165) is 26.2 Å². The molecule has 0 N–H and O–H groups in total. The zero-order chi connectivity index (χ0) is 28.0. The second-order valence-electron chi connectivity index (χ2n) is 9.93. The summed E-state index contributed by atoms with van der Waals surface area (Å²) in [7, 11) is 0. The standard InChI is InChI=1S/C36H39N3O2/c1-4-10-32(11-5-1)34-16-20-37(21-17-34)24-28-40-30-26-39(36-14-8-3-9-15-36)27-31-41-29-25-38-22-18-35(19-23-38)33-12-6-2-7-13-33/h1-23H,24-31H2/q+2. The van der Waals surface area contributed by atoms with Gasteiger partial charge in [0.15, 0.2) is 37.9 Å². The van der Waals surface area contributed by atoms with Crippen molar-refractivity contribution in [2.24, 2.45) is 0 Å². The second kappa shape index (κ2) is 15.5. The van der Waals surface area contributed by atoms with Crippen molar-refractivity contribution in [2.45, 2.75) is 13.1 Å². The van der Waals surface area contributed by atoms with Crippen LogP contribution in [0, 0.1) is 0 Å². The first kappa shape index (κ1) is 28.2. The van der Waals surface area contributed by atoms with Crippen LogP contribution in [0.4, 0.5) is 5.69 Å². The molecule has 41 heavy (non-hydrogen) atoms. The molecule has 5 heteroatoms. The Balaban J connectivity index is 1.02. The molecule has 0 saturated heterocycles. The van der Waals surface area contributed by atoms with Gasteiger partial charge in [0.25, 0.3) is 0 Å². The third kappa shape index (κ3) is 8.84. The van der Waals surface area contributed by atoms with Crippen LogP contribution in [0.15, 0.2) is 140 Å². The van der Waals surface area contributed by atoms with Crippen molar-refractivity contribution in [3.05, 3.63) is 140 Å². The molecule has 0 saturated carbocycles. The topological polar surface area (TPSA) is 29.5 Å². The molecule has 0 bridgehead atoms. The van der Waals surface area contributed by atoms with Gasteiger partial charge < -0.3 is 14.4 Å². The number of aromatic nitrogens is 2. The van der Waals surface area contributed by atoms with Crippen LogP contribution in [-0.2, 0) is 22.6 Å². The van der Waals surface area contributed by atoms with Crippen LogP contribution in [0.5, 0.6) is 0 Å². The van der Waals surface area contributed by atoms with Crippen molar-refractivity contribution < 1.29 is 18.6 Å². The number of rotatable bonds is 15. The molecule has 5 aromatic rings. The molecule has 5 rings (SSSR count). The quantitative estimate of drug-likeness (QED) is 0.122. The van der Waals surface area contributed by atoms with E-state index in [2.05, 4.69) is 142 Å². The molecule has 208 valence electrons. The highest BCUT2D eigenvalue weighted by Gasteiger charge is 2.09. The van der Waals surface area contributed by atoms with E-state index in [1.54, 1.807) is 0 Å². The molecule has 0 radical (unpaired) electrons. The summed E-state index contributed by atoms with van der Waals surface area (Å²) in [6, 6.07) is 40.0. The summed E-state index contributed by atoms with van der Waals surface area (Å²) < 4.78 is 16.4. The van der Waals surface area contributed by atoms with E-state index in [1.807, 2.05) is 12.1 Å². The summed E-state index contributed by atoms with van der Waals surface area (Å²) in [6.07, 6.45) is 8.48. The predicted octanol–water partition coefficient (Wildman–Crippen LogP) is 5.84. The lowest BCUT2D eigenvalue weighted by molar-refractivity contribution is -0.698. The van der Waals surface area contributed by atoms with Crippen LogP contribution in [0.25, 0.3) is 22.3 Å². The van der Waals surface area contributed by atoms with Gasteiger partial charge in [0.2, 0.25) is 0 Å². The molecule has 0 aliphatic carbocycles. The Morgan fingerprint density at radius 2 is 0.780 bits per heavy atom. The number of para-hydroxylation sites is 1. The number of ether oxygens (including phenoxy) is 2. The Kier molecular flexibility index (Phi) is 10.6. The van der Waals surface area contributed by atoms with Crippen molar-refractivity contribution >= 4 is 5.69 Å². The maximum Gasteiger partial charge on any atom is 0.171 e. The van der Waals surface area contributed by atoms with Crippen molar-refractivity contribution in [2.75, 3.05) is 44.4 Å². The minimum absolute atomic E-state index is 0.668. The van der Waals surface area contributed by atoms with Gasteiger partial charge in [0.1, 0.15) is 13.2 Å². The Morgan fingerprint density at radius 1 is 0.415 bits per heavy atom. The number of hydrogen-bond acceptors (Lipinski definition) is 3. The maximum absolute atomic E-state index is 6.02. The lowest BCUT2D eigenvalue weighted by Gasteiger charge is -2.24. The monoisotopic (exact) mass is 545 g/mol. The fourth-order valence-electron chi connectivity index (χ4n) is 4.76. The van der Waals surface area contributed by atoms with E-state index in [9.17, 15) is 0 Å². The zero-order valence-corrected chi connectivity index (χ0v) is 23.6. The van der Waals surface area contributed by atoms with Crippen LogP contribution in [-0.4, -0.2) is 39.5 Å². The molecule has 3 aromatic carbocycles. The first-order valence-corrected chi connectivity index (χ1v) is 14.4. The molecule has 0 amide bonds. The van der Waals surface area contributed by atoms with Crippen LogP contribution < -0.4 is 14.0 Å². The van der Waals surface area contributed by atoms with Gasteiger partial charge in [-0.15, -0.1) is 0 Å². The van der Waals surface area contributed by atoms with Crippen LogP contribution in [0.3, 0.4) is 0 Å². The number of nitrogens with zero attached hydrogens (tertiary/aromatic N) is 3. The summed E-state index contributed by atoms with van der Waals surface area (Å²) in [5, 5.41) is 0. The van der Waals surface area contributed by atoms with E-state index in [-0.39, 0.29) is 0 Å². The second-order valence-corrected chi connectivity index (χ2v) is 9.93. The Labute approximate surface area is 243 Å². The molecule has 2 aromatic heterocycles. The summed E-state index contributed by atoms with van der Waals surface area (Å²) in [5.74, 6) is 0. The van der Waals surface area contributed by atoms with Gasteiger partial charge in [-0.25, -0.2) is 9.13 Å². The van der Waals surface area contributed by atoms with Crippen molar-refractivity contribution in [1.29, 1.82) is 0 Å². The molecular formula is C36H39N3O2+2. The Morgan fingerprint density at radius 3 is 1.20 bits per heavy atom. The summed E-state index contributed by atoms with van der Waals surface area (Å²) in [5.41, 5.74) is 6.11. The van der Waals surface area contributed by atoms with Crippen LogP contribution in [0.2, 0.25) is 0 Å². The summed E-state index contributed by atoms with van der Waals surface area (Å²) in [4.78, 5) is 2.34. The zero-order valence-electron chi connectivity index (χ0n) is 23.6. The van der Waals surface area contributed by atoms with E-state index in [4.69, 9.17) is 9.47 Å². The molecule has 2 heterocycles. The van der Waals surface area contributed by atoms with Crippen molar-refractivity contribution in [1.82, 2.24) is 0 Å². The molecule has 0 fully saturated rings. The van der Waals surface area contributed by atoms with Gasteiger partial charge in [-0.2, -0.15) is 0 Å². The summed E-state index contributed by atoms with van der Waals surface area (Å²) >= 11 is 0. The third-order valence-corrected chi connectivity index (χ3v) is 7.12. The fourth-order valence-corrected chi connectivity index (χ4v) is 4.76. The smallest absolute Gasteiger partial charge is 0.171 e. The fraction of sp³-hybridized carbons (Fsp3) is 0.222. The van der Waals surface area contributed by atoms with Crippen LogP contribution in [0.1, 0.15) is 0 Å². The summed E-state index contributed by atoms with van der Waals surface area (Å²) in [6.45, 7) is 5.98. The van der Waals surface area contributed by atoms with E-state index in [0.29, 0.717) is 26.4 Å². The minimum Gasteiger partial charge on any atom is -0.373 e. The van der Waals surface area contributed by atoms with Gasteiger partial charge in [0.05, 0.1) is 13.2 Å². The molecule has 5 nitrogen and oxygen atoms in total. The maximum atomic E-state index is 6.02. The normalized spacial score (nSPS) is 10.9. The molecule has 0 unspecified atom stereocenters. The first-order valence-electron chi connectivity index (χ1n) is 14.4. The highest BCUT2D eigenvalue weighted by molar-refractivity contribution is 5.62. The average molecular weight is 546 g/mol. The number of pyridine rings is 2. The van der Waals surface area contributed by atoms with Crippen molar-refractivity contribution in [3.63, 3.8) is 0 Å². The molecule has 0 atom stereocenters. The molecule has 0 aliphatic rings. The first-order chi connectivity index (χ1) is 20.3. The Hall–Kier alpha value is -4.32. The average Bonchev–Trinajstić information content (AvgIpc) is 3.05. The van der Waals surface area contributed by atoms with E-state index >= 15 is 0 Å². The van der Waals surface area contributed by atoms with Gasteiger partial charge in [-0.05, 0) is 34.4 Å². The number of hydrogen-bond donors (Lipinski definition) is 0. The largest absolute Gasteiger partial charge is 0.373 e. The third-order valence-electron chi connectivity index (χ3n) is 7.12. The van der Waals surface area contributed by atoms with E-state index in [1.165, 1.54) is 27.9 Å². The molecule has 0 aliphatic heterocycles. The lowest BCUT2D eigenvalue weighted by Crippen LogP contribution is -2.37.